The molecular weight excluding hydrogens is 262 g/mol. The zero-order valence-electron chi connectivity index (χ0n) is 11.5. The molecule has 4 heteroatoms. The molecule has 0 saturated carbocycles. The summed E-state index contributed by atoms with van der Waals surface area (Å²) in [4.78, 5) is 10.9. The van der Waals surface area contributed by atoms with Crippen LogP contribution in [0.25, 0.3) is 0 Å². The first kappa shape index (κ1) is 15.8. The third-order valence-corrected chi connectivity index (χ3v) is 3.17. The Balaban J connectivity index is 1.95. The normalized spacial score (nSPS) is 10.2. The Kier molecular flexibility index (Phi) is 8.07. The predicted octanol–water partition coefficient (Wildman–Crippen LogP) is 4.27. The molecule has 1 N–H and O–H groups in total. The molecule has 0 radical (unpaired) electrons. The summed E-state index contributed by atoms with van der Waals surface area (Å²) < 4.78 is 4.59. The molecule has 0 amide bonds. The molecule has 0 saturated heterocycles. The van der Waals surface area contributed by atoms with Crippen LogP contribution in [0.5, 0.6) is 0 Å². The Morgan fingerprint density at radius 1 is 1.21 bits per heavy atom. The molecule has 0 aromatic heterocycles. The van der Waals surface area contributed by atoms with Crippen molar-refractivity contribution in [2.75, 3.05) is 19.0 Å². The van der Waals surface area contributed by atoms with Gasteiger partial charge in [0.15, 0.2) is 0 Å². The molecule has 0 spiro atoms. The van der Waals surface area contributed by atoms with Crippen molar-refractivity contribution < 1.29 is 9.53 Å². The minimum absolute atomic E-state index is 0.109. The maximum Gasteiger partial charge on any atom is 0.305 e. The zero-order valence-corrected chi connectivity index (χ0v) is 12.2. The fraction of sp³-hybridized carbons (Fsp3) is 0.533. The van der Waals surface area contributed by atoms with Gasteiger partial charge in [0, 0.05) is 23.7 Å². The topological polar surface area (TPSA) is 38.3 Å². The standard InChI is InChI=1S/C15H22ClNO2/c1-19-15(18)10-5-3-2-4-6-11-17-14-9-7-8-13(16)12-14/h7-9,12,17H,2-6,10-11H2,1H3. The van der Waals surface area contributed by atoms with Crippen molar-refractivity contribution in [2.24, 2.45) is 0 Å². The fourth-order valence-corrected chi connectivity index (χ4v) is 2.05. The maximum atomic E-state index is 10.9. The van der Waals surface area contributed by atoms with Gasteiger partial charge in [-0.15, -0.1) is 0 Å². The van der Waals surface area contributed by atoms with Gasteiger partial charge >= 0.3 is 5.97 Å². The third-order valence-electron chi connectivity index (χ3n) is 2.94. The van der Waals surface area contributed by atoms with Crippen LogP contribution in [-0.2, 0) is 9.53 Å². The molecule has 0 aliphatic heterocycles. The highest BCUT2D eigenvalue weighted by Crippen LogP contribution is 2.15. The highest BCUT2D eigenvalue weighted by atomic mass is 35.5. The number of ether oxygens (including phenoxy) is 1. The highest BCUT2D eigenvalue weighted by molar-refractivity contribution is 6.30. The second kappa shape index (κ2) is 9.68. The Labute approximate surface area is 120 Å². The number of carbonyl (C=O) groups is 1. The molecule has 3 nitrogen and oxygen atoms in total. The smallest absolute Gasteiger partial charge is 0.305 e. The van der Waals surface area contributed by atoms with E-state index in [9.17, 15) is 4.79 Å². The van der Waals surface area contributed by atoms with Gasteiger partial charge in [0.05, 0.1) is 7.11 Å². The van der Waals surface area contributed by atoms with Gasteiger partial charge in [-0.05, 0) is 31.0 Å². The Bertz CT molecular complexity index is 382. The lowest BCUT2D eigenvalue weighted by molar-refractivity contribution is -0.140. The number of carbonyl (C=O) groups excluding carboxylic acids is 1. The summed E-state index contributed by atoms with van der Waals surface area (Å²) in [5, 5.41) is 4.10. The summed E-state index contributed by atoms with van der Waals surface area (Å²) in [5.74, 6) is -0.109. The van der Waals surface area contributed by atoms with Crippen molar-refractivity contribution in [3.05, 3.63) is 29.3 Å². The van der Waals surface area contributed by atoms with E-state index < -0.39 is 0 Å². The number of anilines is 1. The van der Waals surface area contributed by atoms with E-state index >= 15 is 0 Å². The molecule has 1 aromatic rings. The van der Waals surface area contributed by atoms with Crippen LogP contribution in [0.15, 0.2) is 24.3 Å². The lowest BCUT2D eigenvalue weighted by atomic mass is 10.1. The first-order valence-corrected chi connectivity index (χ1v) is 7.16. The van der Waals surface area contributed by atoms with Crippen molar-refractivity contribution >= 4 is 23.3 Å². The van der Waals surface area contributed by atoms with Crippen LogP contribution in [0.3, 0.4) is 0 Å². The maximum absolute atomic E-state index is 10.9. The number of methoxy groups -OCH3 is 1. The first-order valence-electron chi connectivity index (χ1n) is 6.78. The zero-order chi connectivity index (χ0) is 13.9. The number of unbranched alkanes of at least 4 members (excludes halogenated alkanes) is 4. The monoisotopic (exact) mass is 283 g/mol. The van der Waals surface area contributed by atoms with Crippen molar-refractivity contribution in [1.29, 1.82) is 0 Å². The minimum atomic E-state index is -0.109. The van der Waals surface area contributed by atoms with E-state index in [1.807, 2.05) is 24.3 Å². The molecule has 1 rings (SSSR count). The van der Waals surface area contributed by atoms with Crippen molar-refractivity contribution in [3.8, 4) is 0 Å². The lowest BCUT2D eigenvalue weighted by Gasteiger charge is -2.06. The summed E-state index contributed by atoms with van der Waals surface area (Å²) >= 11 is 5.90. The van der Waals surface area contributed by atoms with Crippen LogP contribution in [-0.4, -0.2) is 19.6 Å². The van der Waals surface area contributed by atoms with Crippen molar-refractivity contribution in [3.63, 3.8) is 0 Å². The number of benzene rings is 1. The second-order valence-electron chi connectivity index (χ2n) is 4.53. The van der Waals surface area contributed by atoms with Crippen LogP contribution >= 0.6 is 11.6 Å². The van der Waals surface area contributed by atoms with E-state index in [-0.39, 0.29) is 5.97 Å². The molecule has 0 aliphatic rings. The molecule has 106 valence electrons. The summed E-state index contributed by atoms with van der Waals surface area (Å²) in [6, 6.07) is 7.76. The largest absolute Gasteiger partial charge is 0.469 e. The molecule has 0 aliphatic carbocycles. The van der Waals surface area contributed by atoms with Crippen molar-refractivity contribution in [1.82, 2.24) is 0 Å². The average molecular weight is 284 g/mol. The molecule has 0 fully saturated rings. The van der Waals surface area contributed by atoms with Gasteiger partial charge in [-0.2, -0.15) is 0 Å². The van der Waals surface area contributed by atoms with Gasteiger partial charge in [-0.3, -0.25) is 4.79 Å². The average Bonchev–Trinajstić information content (AvgIpc) is 2.41. The van der Waals surface area contributed by atoms with E-state index in [4.69, 9.17) is 11.6 Å². The molecule has 0 unspecified atom stereocenters. The molecule has 0 heterocycles. The van der Waals surface area contributed by atoms with Gasteiger partial charge in [0.2, 0.25) is 0 Å². The van der Waals surface area contributed by atoms with Crippen LogP contribution in [0, 0.1) is 0 Å². The highest BCUT2D eigenvalue weighted by Gasteiger charge is 1.99. The minimum Gasteiger partial charge on any atom is -0.469 e. The van der Waals surface area contributed by atoms with E-state index in [0.29, 0.717) is 6.42 Å². The number of halogens is 1. The SMILES string of the molecule is COC(=O)CCCCCCCNc1cccc(Cl)c1. The van der Waals surface area contributed by atoms with Crippen LogP contribution < -0.4 is 5.32 Å². The summed E-state index contributed by atoms with van der Waals surface area (Å²) in [5.41, 5.74) is 1.07. The Morgan fingerprint density at radius 2 is 1.95 bits per heavy atom. The van der Waals surface area contributed by atoms with E-state index in [1.54, 1.807) is 0 Å². The number of esters is 1. The van der Waals surface area contributed by atoms with Crippen LogP contribution in [0.2, 0.25) is 5.02 Å². The Hall–Kier alpha value is -1.22. The number of hydrogen-bond donors (Lipinski definition) is 1. The fourth-order valence-electron chi connectivity index (χ4n) is 1.86. The van der Waals surface area contributed by atoms with Crippen LogP contribution in [0.4, 0.5) is 5.69 Å². The van der Waals surface area contributed by atoms with Crippen molar-refractivity contribution in [2.45, 2.75) is 38.5 Å². The number of nitrogens with one attached hydrogen (secondary N) is 1. The molecular formula is C15H22ClNO2. The Morgan fingerprint density at radius 3 is 2.68 bits per heavy atom. The van der Waals surface area contributed by atoms with E-state index in [0.717, 1.165) is 42.9 Å². The summed E-state index contributed by atoms with van der Waals surface area (Å²) in [6.45, 7) is 0.956. The van der Waals surface area contributed by atoms with E-state index in [1.165, 1.54) is 13.5 Å². The van der Waals surface area contributed by atoms with Gasteiger partial charge in [-0.25, -0.2) is 0 Å². The predicted molar refractivity (Wildman–Crippen MR) is 79.7 cm³/mol. The quantitative estimate of drug-likeness (QED) is 0.543. The van der Waals surface area contributed by atoms with Gasteiger partial charge in [0.1, 0.15) is 0 Å². The van der Waals surface area contributed by atoms with Gasteiger partial charge < -0.3 is 10.1 Å². The third kappa shape index (κ3) is 7.73. The molecule has 0 bridgehead atoms. The number of rotatable bonds is 9. The number of hydrogen-bond acceptors (Lipinski definition) is 3. The van der Waals surface area contributed by atoms with Gasteiger partial charge in [-0.1, -0.05) is 36.9 Å². The summed E-state index contributed by atoms with van der Waals surface area (Å²) in [6.07, 6.45) is 6.02. The lowest BCUT2D eigenvalue weighted by Crippen LogP contribution is -2.01. The molecule has 19 heavy (non-hydrogen) atoms. The summed E-state index contributed by atoms with van der Waals surface area (Å²) in [7, 11) is 1.43. The second-order valence-corrected chi connectivity index (χ2v) is 4.97. The van der Waals surface area contributed by atoms with E-state index in [2.05, 4.69) is 10.1 Å². The molecule has 1 aromatic carbocycles. The van der Waals surface area contributed by atoms with Gasteiger partial charge in [0.25, 0.3) is 0 Å². The molecule has 0 atom stereocenters. The first-order chi connectivity index (χ1) is 9.22. The van der Waals surface area contributed by atoms with Crippen LogP contribution in [0.1, 0.15) is 38.5 Å².